The molecular weight excluding hydrogens is 350 g/mol. The first kappa shape index (κ1) is 19.9. The number of carboxylic acids is 1. The topological polar surface area (TPSA) is 66.4 Å². The minimum Gasteiger partial charge on any atom is -0.478 e. The number of carbonyl (C=O) groups is 2. The molecule has 0 aromatic heterocycles. The van der Waals surface area contributed by atoms with Gasteiger partial charge in [0.25, 0.3) is 5.91 Å². The Bertz CT molecular complexity index is 937. The van der Waals surface area contributed by atoms with Crippen molar-refractivity contribution in [2.75, 3.05) is 5.32 Å². The Hall–Kier alpha value is -2.88. The predicted octanol–water partition coefficient (Wildman–Crippen LogP) is 5.39. The summed E-state index contributed by atoms with van der Waals surface area (Å²) in [6.45, 7) is 9.07. The fraction of sp³-hybridized carbons (Fsp3) is 0.333. The fourth-order valence-electron chi connectivity index (χ4n) is 3.78. The van der Waals surface area contributed by atoms with E-state index in [-0.39, 0.29) is 16.7 Å². The van der Waals surface area contributed by atoms with E-state index in [2.05, 4.69) is 45.1 Å². The molecular formula is C24H27NO3. The summed E-state index contributed by atoms with van der Waals surface area (Å²) in [5.41, 5.74) is 4.95. The highest BCUT2D eigenvalue weighted by Crippen LogP contribution is 2.46. The van der Waals surface area contributed by atoms with Crippen LogP contribution in [-0.4, -0.2) is 17.0 Å². The van der Waals surface area contributed by atoms with Crippen LogP contribution in [0.1, 0.15) is 67.6 Å². The first-order valence-corrected chi connectivity index (χ1v) is 9.56. The predicted molar refractivity (Wildman–Crippen MR) is 113 cm³/mol. The molecule has 2 N–H and O–H groups in total. The maximum atomic E-state index is 12.6. The molecule has 0 bridgehead atoms. The third kappa shape index (κ3) is 4.16. The third-order valence-electron chi connectivity index (χ3n) is 5.70. The second-order valence-electron chi connectivity index (χ2n) is 8.78. The Labute approximate surface area is 166 Å². The molecule has 4 heteroatoms. The van der Waals surface area contributed by atoms with Gasteiger partial charge in [-0.1, -0.05) is 45.9 Å². The fourth-order valence-corrected chi connectivity index (χ4v) is 3.78. The van der Waals surface area contributed by atoms with Crippen LogP contribution in [0.15, 0.2) is 48.5 Å². The average molecular weight is 377 g/mol. The van der Waals surface area contributed by atoms with Gasteiger partial charge in [-0.05, 0) is 70.7 Å². The molecule has 0 heterocycles. The number of rotatable bonds is 4. The molecule has 146 valence electrons. The highest BCUT2D eigenvalue weighted by Gasteiger charge is 2.37. The quantitative estimate of drug-likeness (QED) is 0.703. The molecule has 0 fully saturated rings. The number of hydrogen-bond donors (Lipinski definition) is 2. The van der Waals surface area contributed by atoms with Crippen LogP contribution in [0.4, 0.5) is 5.69 Å². The maximum absolute atomic E-state index is 12.6. The molecule has 0 radical (unpaired) electrons. The summed E-state index contributed by atoms with van der Waals surface area (Å²) in [6.07, 6.45) is 4.85. The number of aliphatic carboxylic acids is 1. The van der Waals surface area contributed by atoms with Crippen LogP contribution in [0, 0.1) is 0 Å². The van der Waals surface area contributed by atoms with Gasteiger partial charge in [-0.3, -0.25) is 4.79 Å². The monoisotopic (exact) mass is 377 g/mol. The Balaban J connectivity index is 1.81. The van der Waals surface area contributed by atoms with Crippen molar-refractivity contribution in [3.63, 3.8) is 0 Å². The van der Waals surface area contributed by atoms with Crippen molar-refractivity contribution in [2.24, 2.45) is 0 Å². The molecule has 28 heavy (non-hydrogen) atoms. The smallest absolute Gasteiger partial charge is 0.328 e. The molecule has 0 aliphatic heterocycles. The SMILES string of the molecule is CC1(C)CCC(C)(C)c2cc(NC(=O)c3ccc(/C=C/C(=O)O)cc3)ccc21. The molecule has 0 atom stereocenters. The van der Waals surface area contributed by atoms with E-state index in [4.69, 9.17) is 5.11 Å². The van der Waals surface area contributed by atoms with E-state index in [1.165, 1.54) is 17.2 Å². The van der Waals surface area contributed by atoms with E-state index >= 15 is 0 Å². The summed E-state index contributed by atoms with van der Waals surface area (Å²) in [4.78, 5) is 23.2. The molecule has 4 nitrogen and oxygen atoms in total. The van der Waals surface area contributed by atoms with Gasteiger partial charge in [0, 0.05) is 17.3 Å². The number of benzene rings is 2. The Kier molecular flexibility index (Phi) is 5.16. The molecule has 0 saturated heterocycles. The highest BCUT2D eigenvalue weighted by molar-refractivity contribution is 6.04. The molecule has 1 aliphatic carbocycles. The molecule has 1 amide bonds. The summed E-state index contributed by atoms with van der Waals surface area (Å²) >= 11 is 0. The Morgan fingerprint density at radius 1 is 0.929 bits per heavy atom. The van der Waals surface area contributed by atoms with Crippen molar-refractivity contribution in [1.29, 1.82) is 0 Å². The van der Waals surface area contributed by atoms with Crippen LogP contribution >= 0.6 is 0 Å². The van der Waals surface area contributed by atoms with Crippen molar-refractivity contribution in [3.05, 3.63) is 70.8 Å². The second kappa shape index (κ2) is 7.27. The Morgan fingerprint density at radius 3 is 2.14 bits per heavy atom. The number of hydrogen-bond acceptors (Lipinski definition) is 2. The largest absolute Gasteiger partial charge is 0.478 e. The standard InChI is InChI=1S/C24H27NO3/c1-23(2)13-14-24(3,4)20-15-18(10-11-19(20)23)25-22(28)17-8-5-16(6-9-17)7-12-21(26)27/h5-12,15H,13-14H2,1-4H3,(H,25,28)(H,26,27)/b12-7+. The van der Waals surface area contributed by atoms with E-state index in [1.54, 1.807) is 24.3 Å². The molecule has 3 rings (SSSR count). The van der Waals surface area contributed by atoms with Gasteiger partial charge in [0.2, 0.25) is 0 Å². The lowest BCUT2D eigenvalue weighted by atomic mass is 9.63. The third-order valence-corrected chi connectivity index (χ3v) is 5.70. The molecule has 0 saturated carbocycles. The van der Waals surface area contributed by atoms with E-state index < -0.39 is 5.97 Å². The summed E-state index contributed by atoms with van der Waals surface area (Å²) in [6, 6.07) is 13.1. The maximum Gasteiger partial charge on any atom is 0.328 e. The molecule has 1 aliphatic rings. The summed E-state index contributed by atoms with van der Waals surface area (Å²) in [5.74, 6) is -1.18. The zero-order valence-electron chi connectivity index (χ0n) is 16.9. The van der Waals surface area contributed by atoms with Gasteiger partial charge in [0.05, 0.1) is 0 Å². The first-order valence-electron chi connectivity index (χ1n) is 9.56. The number of nitrogens with one attached hydrogen (secondary N) is 1. The van der Waals surface area contributed by atoms with E-state index in [0.29, 0.717) is 5.56 Å². The zero-order valence-corrected chi connectivity index (χ0v) is 16.9. The highest BCUT2D eigenvalue weighted by atomic mass is 16.4. The molecule has 0 unspecified atom stereocenters. The minimum absolute atomic E-state index is 0.0870. The van der Waals surface area contributed by atoms with E-state index in [9.17, 15) is 9.59 Å². The van der Waals surface area contributed by atoms with Gasteiger partial charge in [-0.15, -0.1) is 0 Å². The summed E-state index contributed by atoms with van der Waals surface area (Å²) in [7, 11) is 0. The zero-order chi connectivity index (χ0) is 20.5. The van der Waals surface area contributed by atoms with Crippen LogP contribution in [0.5, 0.6) is 0 Å². The lowest BCUT2D eigenvalue weighted by molar-refractivity contribution is -0.131. The lowest BCUT2D eigenvalue weighted by Gasteiger charge is -2.42. The number of amides is 1. The first-order chi connectivity index (χ1) is 13.1. The van der Waals surface area contributed by atoms with Gasteiger partial charge in [0.15, 0.2) is 0 Å². The minimum atomic E-state index is -1.000. The summed E-state index contributed by atoms with van der Waals surface area (Å²) in [5, 5.41) is 11.7. The van der Waals surface area contributed by atoms with Crippen molar-refractivity contribution >= 4 is 23.6 Å². The molecule has 2 aromatic rings. The molecule has 2 aromatic carbocycles. The Morgan fingerprint density at radius 2 is 1.54 bits per heavy atom. The van der Waals surface area contributed by atoms with Crippen LogP contribution in [-0.2, 0) is 15.6 Å². The van der Waals surface area contributed by atoms with Crippen molar-refractivity contribution in [3.8, 4) is 0 Å². The van der Waals surface area contributed by atoms with Crippen LogP contribution < -0.4 is 5.32 Å². The van der Waals surface area contributed by atoms with Crippen LogP contribution in [0.2, 0.25) is 0 Å². The number of carboxylic acid groups (broad SMARTS) is 1. The van der Waals surface area contributed by atoms with Crippen LogP contribution in [0.25, 0.3) is 6.08 Å². The van der Waals surface area contributed by atoms with Crippen molar-refractivity contribution in [2.45, 2.75) is 51.4 Å². The average Bonchev–Trinajstić information content (AvgIpc) is 2.64. The van der Waals surface area contributed by atoms with E-state index in [1.807, 2.05) is 6.07 Å². The van der Waals surface area contributed by atoms with Gasteiger partial charge >= 0.3 is 5.97 Å². The van der Waals surface area contributed by atoms with E-state index in [0.717, 1.165) is 30.2 Å². The van der Waals surface area contributed by atoms with Gasteiger partial charge in [0.1, 0.15) is 0 Å². The van der Waals surface area contributed by atoms with Gasteiger partial charge < -0.3 is 10.4 Å². The van der Waals surface area contributed by atoms with Gasteiger partial charge in [-0.2, -0.15) is 0 Å². The van der Waals surface area contributed by atoms with Crippen molar-refractivity contribution < 1.29 is 14.7 Å². The number of carbonyl (C=O) groups excluding carboxylic acids is 1. The second-order valence-corrected chi connectivity index (χ2v) is 8.78. The van der Waals surface area contributed by atoms with Crippen molar-refractivity contribution in [1.82, 2.24) is 0 Å². The molecule has 0 spiro atoms. The number of anilines is 1. The number of fused-ring (bicyclic) bond motifs is 1. The van der Waals surface area contributed by atoms with Gasteiger partial charge in [-0.25, -0.2) is 4.79 Å². The van der Waals surface area contributed by atoms with Crippen LogP contribution in [0.3, 0.4) is 0 Å². The summed E-state index contributed by atoms with van der Waals surface area (Å²) < 4.78 is 0. The normalized spacial score (nSPS) is 17.1. The lowest BCUT2D eigenvalue weighted by Crippen LogP contribution is -2.33.